The van der Waals surface area contributed by atoms with E-state index in [-0.39, 0.29) is 23.3 Å². The molecule has 1 saturated heterocycles. The molecular weight excluding hydrogens is 389 g/mol. The second-order valence-corrected chi connectivity index (χ2v) is 7.46. The molecular formula is C21H22FN5O3. The fraction of sp³-hybridized carbons (Fsp3) is 0.333. The zero-order valence-electron chi connectivity index (χ0n) is 16.3. The van der Waals surface area contributed by atoms with Crippen molar-refractivity contribution in [3.8, 4) is 0 Å². The van der Waals surface area contributed by atoms with E-state index in [0.29, 0.717) is 25.3 Å². The number of aromatic nitrogens is 2. The van der Waals surface area contributed by atoms with E-state index in [1.165, 1.54) is 24.4 Å². The van der Waals surface area contributed by atoms with E-state index < -0.39 is 4.92 Å². The molecule has 4 rings (SSSR count). The number of amides is 1. The van der Waals surface area contributed by atoms with Crippen LogP contribution in [0.2, 0.25) is 0 Å². The molecule has 1 fully saturated rings. The topological polar surface area (TPSA) is 104 Å². The van der Waals surface area contributed by atoms with Crippen LogP contribution in [0.5, 0.6) is 0 Å². The maximum absolute atomic E-state index is 13.5. The quantitative estimate of drug-likeness (QED) is 0.479. The van der Waals surface area contributed by atoms with Gasteiger partial charge in [0.2, 0.25) is 5.91 Å². The normalized spacial score (nSPS) is 16.6. The highest BCUT2D eigenvalue weighted by Gasteiger charge is 2.26. The molecule has 2 N–H and O–H groups in total. The van der Waals surface area contributed by atoms with E-state index in [2.05, 4.69) is 15.3 Å². The molecule has 1 atom stereocenters. The lowest BCUT2D eigenvalue weighted by Gasteiger charge is -2.32. The van der Waals surface area contributed by atoms with E-state index >= 15 is 0 Å². The summed E-state index contributed by atoms with van der Waals surface area (Å²) in [4.78, 5) is 32.2. The fourth-order valence-electron chi connectivity index (χ4n) is 3.89. The summed E-state index contributed by atoms with van der Waals surface area (Å²) in [6, 6.07) is 7.67. The Kier molecular flexibility index (Phi) is 5.60. The van der Waals surface area contributed by atoms with Crippen molar-refractivity contribution in [2.24, 2.45) is 5.92 Å². The van der Waals surface area contributed by atoms with Gasteiger partial charge in [-0.15, -0.1) is 0 Å². The maximum atomic E-state index is 13.5. The van der Waals surface area contributed by atoms with Crippen molar-refractivity contribution < 1.29 is 14.1 Å². The number of carbonyl (C=O) groups excluding carboxylic acids is 1. The number of rotatable bonds is 6. The van der Waals surface area contributed by atoms with Crippen molar-refractivity contribution in [2.75, 3.05) is 24.5 Å². The standard InChI is InChI=1S/C21H22FN5O3/c22-16-3-5-19-18(10-16)14(11-24-19)7-8-23-21(28)15-2-1-9-26(13-15)20-6-4-17(12-25-20)27(29)30/h3-6,10-12,15,24H,1-2,7-9,13H2,(H,23,28). The molecule has 1 amide bonds. The maximum Gasteiger partial charge on any atom is 0.287 e. The summed E-state index contributed by atoms with van der Waals surface area (Å²) >= 11 is 0. The molecule has 0 spiro atoms. The summed E-state index contributed by atoms with van der Waals surface area (Å²) < 4.78 is 13.5. The van der Waals surface area contributed by atoms with Crippen LogP contribution < -0.4 is 10.2 Å². The van der Waals surface area contributed by atoms with E-state index in [9.17, 15) is 19.3 Å². The average Bonchev–Trinajstić information content (AvgIpc) is 3.16. The molecule has 0 radical (unpaired) electrons. The zero-order valence-corrected chi connectivity index (χ0v) is 16.3. The lowest BCUT2D eigenvalue weighted by molar-refractivity contribution is -0.385. The molecule has 0 aliphatic carbocycles. The first-order valence-corrected chi connectivity index (χ1v) is 9.90. The molecule has 2 aromatic heterocycles. The van der Waals surface area contributed by atoms with Gasteiger partial charge >= 0.3 is 0 Å². The van der Waals surface area contributed by atoms with Crippen molar-refractivity contribution in [1.82, 2.24) is 15.3 Å². The predicted octanol–water partition coefficient (Wildman–Crippen LogP) is 3.19. The van der Waals surface area contributed by atoms with Crippen molar-refractivity contribution >= 4 is 28.3 Å². The Bertz CT molecular complexity index is 1070. The molecule has 1 unspecified atom stereocenters. The number of pyridine rings is 1. The first-order valence-electron chi connectivity index (χ1n) is 9.90. The van der Waals surface area contributed by atoms with Gasteiger partial charge in [0, 0.05) is 42.8 Å². The van der Waals surface area contributed by atoms with E-state index in [0.717, 1.165) is 35.9 Å². The molecule has 156 valence electrons. The molecule has 9 heteroatoms. The number of hydrogen-bond acceptors (Lipinski definition) is 5. The van der Waals surface area contributed by atoms with Crippen LogP contribution in [0.15, 0.2) is 42.7 Å². The van der Waals surface area contributed by atoms with Crippen LogP contribution in [0.1, 0.15) is 18.4 Å². The van der Waals surface area contributed by atoms with Crippen LogP contribution in [0.3, 0.4) is 0 Å². The van der Waals surface area contributed by atoms with Crippen LogP contribution in [-0.2, 0) is 11.2 Å². The third-order valence-electron chi connectivity index (χ3n) is 5.48. The van der Waals surface area contributed by atoms with E-state index in [1.807, 2.05) is 11.1 Å². The van der Waals surface area contributed by atoms with Gasteiger partial charge in [0.1, 0.15) is 17.8 Å². The monoisotopic (exact) mass is 411 g/mol. The molecule has 0 saturated carbocycles. The number of nitro groups is 1. The van der Waals surface area contributed by atoms with Gasteiger partial charge in [-0.25, -0.2) is 9.37 Å². The van der Waals surface area contributed by atoms with Crippen molar-refractivity contribution in [1.29, 1.82) is 0 Å². The number of nitrogens with one attached hydrogen (secondary N) is 2. The number of H-pyrrole nitrogens is 1. The molecule has 3 heterocycles. The summed E-state index contributed by atoms with van der Waals surface area (Å²) in [5.41, 5.74) is 1.78. The summed E-state index contributed by atoms with van der Waals surface area (Å²) in [7, 11) is 0. The summed E-state index contributed by atoms with van der Waals surface area (Å²) in [6.45, 7) is 1.75. The highest BCUT2D eigenvalue weighted by Crippen LogP contribution is 2.23. The average molecular weight is 411 g/mol. The number of nitrogens with zero attached hydrogens (tertiary/aromatic N) is 3. The number of benzene rings is 1. The number of piperidine rings is 1. The SMILES string of the molecule is O=C(NCCc1c[nH]c2ccc(F)cc12)C1CCCN(c2ccc([N+](=O)[O-])cn2)C1. The lowest BCUT2D eigenvalue weighted by Crippen LogP contribution is -2.43. The Labute approximate surface area is 172 Å². The third-order valence-corrected chi connectivity index (χ3v) is 5.48. The van der Waals surface area contributed by atoms with Gasteiger partial charge in [0.25, 0.3) is 5.69 Å². The summed E-state index contributed by atoms with van der Waals surface area (Å²) in [5, 5.41) is 14.6. The number of carbonyl (C=O) groups is 1. The van der Waals surface area contributed by atoms with E-state index in [4.69, 9.17) is 0 Å². The highest BCUT2D eigenvalue weighted by atomic mass is 19.1. The minimum Gasteiger partial charge on any atom is -0.361 e. The van der Waals surface area contributed by atoms with Crippen molar-refractivity contribution in [2.45, 2.75) is 19.3 Å². The second kappa shape index (κ2) is 8.48. The predicted molar refractivity (Wildman–Crippen MR) is 111 cm³/mol. The number of hydrogen-bond donors (Lipinski definition) is 2. The Morgan fingerprint density at radius 3 is 3.00 bits per heavy atom. The Balaban J connectivity index is 1.33. The first-order chi connectivity index (χ1) is 14.5. The molecule has 1 aliphatic rings. The molecule has 3 aromatic rings. The second-order valence-electron chi connectivity index (χ2n) is 7.46. The third kappa shape index (κ3) is 4.24. The molecule has 8 nitrogen and oxygen atoms in total. The first kappa shape index (κ1) is 19.8. The number of halogens is 1. The Morgan fingerprint density at radius 2 is 2.23 bits per heavy atom. The lowest BCUT2D eigenvalue weighted by atomic mass is 9.97. The number of anilines is 1. The minimum absolute atomic E-state index is 0.0207. The Morgan fingerprint density at radius 1 is 1.37 bits per heavy atom. The van der Waals surface area contributed by atoms with Crippen molar-refractivity contribution in [3.05, 3.63) is 64.2 Å². The van der Waals surface area contributed by atoms with Gasteiger partial charge in [-0.2, -0.15) is 0 Å². The zero-order chi connectivity index (χ0) is 21.1. The van der Waals surface area contributed by atoms with Gasteiger partial charge in [0.05, 0.1) is 10.8 Å². The summed E-state index contributed by atoms with van der Waals surface area (Å²) in [5.74, 6) is 0.164. The molecule has 30 heavy (non-hydrogen) atoms. The van der Waals surface area contributed by atoms with Crippen molar-refractivity contribution in [3.63, 3.8) is 0 Å². The molecule has 1 aliphatic heterocycles. The number of fused-ring (bicyclic) bond motifs is 1. The van der Waals surface area contributed by atoms with Crippen LogP contribution in [-0.4, -0.2) is 40.4 Å². The van der Waals surface area contributed by atoms with Crippen LogP contribution in [0, 0.1) is 21.8 Å². The molecule has 0 bridgehead atoms. The highest BCUT2D eigenvalue weighted by molar-refractivity contribution is 5.83. The van der Waals surface area contributed by atoms with Crippen LogP contribution in [0.4, 0.5) is 15.9 Å². The number of aromatic amines is 1. The van der Waals surface area contributed by atoms with Gasteiger partial charge in [0.15, 0.2) is 0 Å². The smallest absolute Gasteiger partial charge is 0.287 e. The molecule has 1 aromatic carbocycles. The fourth-order valence-corrected chi connectivity index (χ4v) is 3.89. The van der Waals surface area contributed by atoms with Gasteiger partial charge in [-0.3, -0.25) is 14.9 Å². The van der Waals surface area contributed by atoms with Crippen LogP contribution >= 0.6 is 0 Å². The van der Waals surface area contributed by atoms with E-state index in [1.54, 1.807) is 12.1 Å². The minimum atomic E-state index is -0.481. The Hall–Kier alpha value is -3.49. The van der Waals surface area contributed by atoms with Gasteiger partial charge in [-0.1, -0.05) is 0 Å². The summed E-state index contributed by atoms with van der Waals surface area (Å²) in [6.07, 6.45) is 5.32. The van der Waals surface area contributed by atoms with Gasteiger partial charge < -0.3 is 15.2 Å². The van der Waals surface area contributed by atoms with Gasteiger partial charge in [-0.05, 0) is 49.1 Å². The van der Waals surface area contributed by atoms with Crippen LogP contribution in [0.25, 0.3) is 10.9 Å². The largest absolute Gasteiger partial charge is 0.361 e.